The number of hydrogen-bond donors (Lipinski definition) is 0. The highest BCUT2D eigenvalue weighted by Gasteiger charge is 2.32. The summed E-state index contributed by atoms with van der Waals surface area (Å²) < 4.78 is 0.279. The summed E-state index contributed by atoms with van der Waals surface area (Å²) >= 11 is 6.42. The van der Waals surface area contributed by atoms with Gasteiger partial charge in [0.1, 0.15) is 0 Å². The summed E-state index contributed by atoms with van der Waals surface area (Å²) in [4.78, 5) is 26.0. The third kappa shape index (κ3) is 4.74. The molecule has 1 aliphatic heterocycles. The van der Waals surface area contributed by atoms with Crippen LogP contribution in [-0.2, 0) is 4.79 Å². The summed E-state index contributed by atoms with van der Waals surface area (Å²) in [6.45, 7) is 6.05. The van der Waals surface area contributed by atoms with Gasteiger partial charge in [0.2, 0.25) is 0 Å². The van der Waals surface area contributed by atoms with E-state index < -0.39 is 4.92 Å². The summed E-state index contributed by atoms with van der Waals surface area (Å²) in [5.74, 6) is -0.354. The molecular formula is C21H20N4O3S2. The van der Waals surface area contributed by atoms with E-state index in [1.165, 1.54) is 12.3 Å². The van der Waals surface area contributed by atoms with Crippen molar-refractivity contribution in [3.63, 3.8) is 0 Å². The van der Waals surface area contributed by atoms with Crippen LogP contribution in [0.15, 0.2) is 58.5 Å². The lowest BCUT2D eigenvalue weighted by Gasteiger charge is -2.20. The van der Waals surface area contributed by atoms with Gasteiger partial charge >= 0.3 is 0 Å². The van der Waals surface area contributed by atoms with Gasteiger partial charge in [-0.15, -0.1) is 0 Å². The minimum atomic E-state index is -0.493. The summed E-state index contributed by atoms with van der Waals surface area (Å²) in [6.07, 6.45) is 3.05. The van der Waals surface area contributed by atoms with Crippen LogP contribution < -0.4 is 4.90 Å². The Labute approximate surface area is 184 Å². The molecule has 9 heteroatoms. The number of anilines is 1. The molecule has 0 saturated carbocycles. The fourth-order valence-corrected chi connectivity index (χ4v) is 4.14. The molecule has 2 aromatic rings. The van der Waals surface area contributed by atoms with Gasteiger partial charge in [-0.05, 0) is 55.9 Å². The van der Waals surface area contributed by atoms with Crippen molar-refractivity contribution >= 4 is 57.9 Å². The molecule has 7 nitrogen and oxygen atoms in total. The first-order valence-corrected chi connectivity index (χ1v) is 10.6. The number of amides is 1. The number of nitro groups is 1. The first-order chi connectivity index (χ1) is 14.4. The van der Waals surface area contributed by atoms with Gasteiger partial charge in [-0.1, -0.05) is 36.0 Å². The zero-order valence-corrected chi connectivity index (χ0v) is 18.2. The Morgan fingerprint density at radius 1 is 1.17 bits per heavy atom. The first kappa shape index (κ1) is 21.7. The fraction of sp³-hybridized carbons (Fsp3) is 0.190. The van der Waals surface area contributed by atoms with Crippen LogP contribution in [0.25, 0.3) is 6.08 Å². The zero-order valence-electron chi connectivity index (χ0n) is 16.5. The second kappa shape index (κ2) is 9.64. The van der Waals surface area contributed by atoms with Crippen LogP contribution in [0.4, 0.5) is 11.4 Å². The van der Waals surface area contributed by atoms with Crippen molar-refractivity contribution in [1.82, 2.24) is 5.01 Å². The Morgan fingerprint density at radius 3 is 2.47 bits per heavy atom. The van der Waals surface area contributed by atoms with Crippen LogP contribution >= 0.6 is 24.0 Å². The molecule has 1 heterocycles. The third-order valence-corrected chi connectivity index (χ3v) is 5.82. The van der Waals surface area contributed by atoms with Gasteiger partial charge in [0, 0.05) is 24.8 Å². The van der Waals surface area contributed by atoms with Crippen molar-refractivity contribution in [3.8, 4) is 0 Å². The molecule has 0 unspecified atom stereocenters. The van der Waals surface area contributed by atoms with Crippen molar-refractivity contribution in [2.24, 2.45) is 5.10 Å². The van der Waals surface area contributed by atoms with Crippen LogP contribution in [0, 0.1) is 10.1 Å². The predicted molar refractivity (Wildman–Crippen MR) is 126 cm³/mol. The lowest BCUT2D eigenvalue weighted by molar-refractivity contribution is -0.385. The largest absolute Gasteiger partial charge is 0.372 e. The summed E-state index contributed by atoms with van der Waals surface area (Å²) in [5, 5.41) is 16.3. The Bertz CT molecular complexity index is 1030. The minimum Gasteiger partial charge on any atom is -0.372 e. The Balaban J connectivity index is 1.79. The number of rotatable bonds is 7. The molecular weight excluding hydrogens is 420 g/mol. The molecule has 1 fully saturated rings. The van der Waals surface area contributed by atoms with Gasteiger partial charge in [0.25, 0.3) is 11.6 Å². The average molecular weight is 441 g/mol. The maximum atomic E-state index is 12.7. The topological polar surface area (TPSA) is 79.1 Å². The van der Waals surface area contributed by atoms with Gasteiger partial charge in [-0.3, -0.25) is 14.9 Å². The number of carbonyl (C=O) groups is 1. The Morgan fingerprint density at radius 2 is 1.83 bits per heavy atom. The van der Waals surface area contributed by atoms with Crippen LogP contribution in [0.5, 0.6) is 0 Å². The normalized spacial score (nSPS) is 15.4. The van der Waals surface area contributed by atoms with E-state index in [0.29, 0.717) is 10.5 Å². The quantitative estimate of drug-likeness (QED) is 0.205. The number of thiocarbonyl (C=S) groups is 1. The van der Waals surface area contributed by atoms with Crippen molar-refractivity contribution in [2.75, 3.05) is 18.0 Å². The molecule has 1 saturated heterocycles. The van der Waals surface area contributed by atoms with E-state index in [1.54, 1.807) is 24.3 Å². The molecule has 0 bridgehead atoms. The first-order valence-electron chi connectivity index (χ1n) is 9.35. The Hall–Kier alpha value is -3.04. The number of para-hydroxylation sites is 1. The lowest BCUT2D eigenvalue weighted by atomic mass is 10.1. The summed E-state index contributed by atoms with van der Waals surface area (Å²) in [7, 11) is 0. The molecule has 0 N–H and O–H groups in total. The van der Waals surface area contributed by atoms with E-state index in [2.05, 4.69) is 23.8 Å². The summed E-state index contributed by atoms with van der Waals surface area (Å²) in [5.41, 5.74) is 2.22. The minimum absolute atomic E-state index is 0.0875. The Kier molecular flexibility index (Phi) is 6.96. The van der Waals surface area contributed by atoms with E-state index in [0.717, 1.165) is 41.1 Å². The predicted octanol–water partition coefficient (Wildman–Crippen LogP) is 4.68. The highest BCUT2D eigenvalue weighted by molar-refractivity contribution is 8.26. The molecule has 1 aliphatic rings. The number of benzene rings is 2. The van der Waals surface area contributed by atoms with Gasteiger partial charge in [-0.2, -0.15) is 10.1 Å². The van der Waals surface area contributed by atoms with Gasteiger partial charge in [0.05, 0.1) is 21.6 Å². The molecule has 1 amide bonds. The van der Waals surface area contributed by atoms with Crippen molar-refractivity contribution in [1.29, 1.82) is 0 Å². The van der Waals surface area contributed by atoms with Crippen molar-refractivity contribution in [2.45, 2.75) is 13.8 Å². The fourth-order valence-electron chi connectivity index (χ4n) is 2.96. The maximum absolute atomic E-state index is 12.7. The average Bonchev–Trinajstić information content (AvgIpc) is 3.01. The van der Waals surface area contributed by atoms with E-state index in [-0.39, 0.29) is 15.9 Å². The van der Waals surface area contributed by atoms with Crippen LogP contribution in [0.1, 0.15) is 25.0 Å². The molecule has 0 spiro atoms. The highest BCUT2D eigenvalue weighted by atomic mass is 32.2. The molecule has 0 aliphatic carbocycles. The second-order valence-electron chi connectivity index (χ2n) is 6.32. The standard InChI is InChI=1S/C21H20N4O3S2/c1-3-23(4-2)17-11-9-15(10-12-17)13-19-20(26)24(21(29)30-19)22-14-16-7-5-6-8-18(16)25(27)28/h5-14H,3-4H2,1-2H3/b19-13+,22-14+. The van der Waals surface area contributed by atoms with Crippen LogP contribution in [0.2, 0.25) is 0 Å². The molecule has 0 radical (unpaired) electrons. The number of carbonyl (C=O) groups excluding carboxylic acids is 1. The number of thioether (sulfide) groups is 1. The van der Waals surface area contributed by atoms with Crippen molar-refractivity contribution < 1.29 is 9.72 Å². The van der Waals surface area contributed by atoms with Gasteiger partial charge < -0.3 is 4.90 Å². The van der Waals surface area contributed by atoms with E-state index >= 15 is 0 Å². The lowest BCUT2D eigenvalue weighted by Crippen LogP contribution is -2.22. The van der Waals surface area contributed by atoms with E-state index in [1.807, 2.05) is 24.3 Å². The highest BCUT2D eigenvalue weighted by Crippen LogP contribution is 2.33. The molecule has 0 atom stereocenters. The molecule has 30 heavy (non-hydrogen) atoms. The zero-order chi connectivity index (χ0) is 21.7. The number of nitrogens with zero attached hydrogens (tertiary/aromatic N) is 4. The number of hydrazone groups is 1. The van der Waals surface area contributed by atoms with Crippen LogP contribution in [-0.4, -0.2) is 39.5 Å². The van der Waals surface area contributed by atoms with Crippen LogP contribution in [0.3, 0.4) is 0 Å². The molecule has 154 valence electrons. The SMILES string of the molecule is CCN(CC)c1ccc(/C=C2/SC(=S)N(/N=C/c3ccccc3[N+](=O)[O-])C2=O)cc1. The molecule has 3 rings (SSSR count). The molecule has 2 aromatic carbocycles. The number of nitro benzene ring substituents is 1. The maximum Gasteiger partial charge on any atom is 0.286 e. The van der Waals surface area contributed by atoms with Gasteiger partial charge in [0.15, 0.2) is 4.32 Å². The van der Waals surface area contributed by atoms with Gasteiger partial charge in [-0.25, -0.2) is 0 Å². The second-order valence-corrected chi connectivity index (χ2v) is 7.99. The monoisotopic (exact) mass is 440 g/mol. The smallest absolute Gasteiger partial charge is 0.286 e. The summed E-state index contributed by atoms with van der Waals surface area (Å²) in [6, 6.07) is 14.1. The number of hydrogen-bond acceptors (Lipinski definition) is 7. The third-order valence-electron chi connectivity index (χ3n) is 4.54. The molecule has 0 aromatic heterocycles. The van der Waals surface area contributed by atoms with E-state index in [9.17, 15) is 14.9 Å². The van der Waals surface area contributed by atoms with E-state index in [4.69, 9.17) is 12.2 Å². The van der Waals surface area contributed by atoms with Crippen molar-refractivity contribution in [3.05, 3.63) is 74.7 Å².